The molecular weight excluding hydrogens is 236 g/mol. The van der Waals surface area contributed by atoms with Crippen LogP contribution in [0, 0.1) is 5.92 Å². The van der Waals surface area contributed by atoms with Crippen molar-refractivity contribution in [1.82, 2.24) is 0 Å². The highest BCUT2D eigenvalue weighted by molar-refractivity contribution is 5.89. The molecule has 0 unspecified atom stereocenters. The van der Waals surface area contributed by atoms with Gasteiger partial charge in [0.1, 0.15) is 12.1 Å². The maximum absolute atomic E-state index is 11.1. The fourth-order valence-corrected chi connectivity index (χ4v) is 2.31. The number of Topliss-reactive ketones (excluding diaryl/α,β-unsaturated/α-hetero) is 1. The van der Waals surface area contributed by atoms with Crippen LogP contribution < -0.4 is 0 Å². The third-order valence-electron chi connectivity index (χ3n) is 3.55. The molecule has 0 radical (unpaired) electrons. The summed E-state index contributed by atoms with van der Waals surface area (Å²) in [6.07, 6.45) is 14.3. The van der Waals surface area contributed by atoms with Crippen LogP contribution in [0.15, 0.2) is 0 Å². The van der Waals surface area contributed by atoms with E-state index in [0.717, 1.165) is 18.8 Å². The van der Waals surface area contributed by atoms with E-state index < -0.39 is 0 Å². The Balaban J connectivity index is 3.06. The molecule has 0 saturated carbocycles. The molecule has 0 amide bonds. The molecule has 0 bridgehead atoms. The molecule has 0 aromatic carbocycles. The molecule has 0 atom stereocenters. The van der Waals surface area contributed by atoms with Crippen LogP contribution in [0.5, 0.6) is 0 Å². The van der Waals surface area contributed by atoms with Crippen LogP contribution in [0.3, 0.4) is 0 Å². The van der Waals surface area contributed by atoms with Crippen molar-refractivity contribution in [2.75, 3.05) is 0 Å². The van der Waals surface area contributed by atoms with E-state index in [4.69, 9.17) is 0 Å². The Morgan fingerprint density at radius 1 is 0.842 bits per heavy atom. The van der Waals surface area contributed by atoms with Crippen LogP contribution in [0.2, 0.25) is 0 Å². The second kappa shape index (κ2) is 13.8. The van der Waals surface area contributed by atoms with Crippen LogP contribution in [-0.2, 0) is 9.59 Å². The van der Waals surface area contributed by atoms with Gasteiger partial charge in [0.25, 0.3) is 0 Å². The second-order valence-corrected chi connectivity index (χ2v) is 6.02. The Hall–Kier alpha value is -0.660. The van der Waals surface area contributed by atoms with Gasteiger partial charge in [-0.25, -0.2) is 0 Å². The molecular formula is C17H32O2. The normalized spacial score (nSPS) is 10.9. The molecule has 0 heterocycles. The van der Waals surface area contributed by atoms with E-state index in [0.29, 0.717) is 12.7 Å². The molecule has 0 aliphatic heterocycles. The minimum Gasteiger partial charge on any atom is -0.303 e. The predicted molar refractivity (Wildman–Crippen MR) is 81.3 cm³/mol. The molecule has 0 fully saturated rings. The van der Waals surface area contributed by atoms with Gasteiger partial charge in [-0.05, 0) is 12.3 Å². The molecule has 2 heteroatoms. The summed E-state index contributed by atoms with van der Waals surface area (Å²) in [5, 5.41) is 0. The van der Waals surface area contributed by atoms with Gasteiger partial charge in [0.2, 0.25) is 0 Å². The monoisotopic (exact) mass is 268 g/mol. The first kappa shape index (κ1) is 18.3. The average molecular weight is 268 g/mol. The summed E-state index contributed by atoms with van der Waals surface area (Å²) < 4.78 is 0. The zero-order valence-corrected chi connectivity index (χ0v) is 13.0. The summed E-state index contributed by atoms with van der Waals surface area (Å²) in [7, 11) is 0. The summed E-state index contributed by atoms with van der Waals surface area (Å²) in [5.41, 5.74) is 0. The minimum absolute atomic E-state index is 0.0974. The molecule has 0 rings (SSSR count). The van der Waals surface area contributed by atoms with Crippen LogP contribution in [0.1, 0.15) is 90.9 Å². The van der Waals surface area contributed by atoms with Gasteiger partial charge in [-0.15, -0.1) is 0 Å². The number of unbranched alkanes of at least 4 members (excludes halogenated alkanes) is 8. The number of carbonyl (C=O) groups excluding carboxylic acids is 2. The highest BCUT2D eigenvalue weighted by atomic mass is 16.1. The van der Waals surface area contributed by atoms with Crippen LogP contribution in [-0.4, -0.2) is 12.1 Å². The summed E-state index contributed by atoms with van der Waals surface area (Å²) in [4.78, 5) is 21.2. The Labute approximate surface area is 119 Å². The van der Waals surface area contributed by atoms with E-state index in [-0.39, 0.29) is 12.2 Å². The zero-order valence-electron chi connectivity index (χ0n) is 13.0. The lowest BCUT2D eigenvalue weighted by Crippen LogP contribution is -1.97. The van der Waals surface area contributed by atoms with Crippen molar-refractivity contribution in [2.24, 2.45) is 5.92 Å². The molecule has 0 aliphatic rings. The van der Waals surface area contributed by atoms with Gasteiger partial charge in [0.05, 0.1) is 6.42 Å². The van der Waals surface area contributed by atoms with Gasteiger partial charge in [0.15, 0.2) is 0 Å². The van der Waals surface area contributed by atoms with Gasteiger partial charge < -0.3 is 4.79 Å². The van der Waals surface area contributed by atoms with Crippen molar-refractivity contribution >= 4 is 12.1 Å². The van der Waals surface area contributed by atoms with Crippen LogP contribution in [0.4, 0.5) is 0 Å². The fraction of sp³-hybridized carbons (Fsp3) is 0.882. The summed E-state index contributed by atoms with van der Waals surface area (Å²) >= 11 is 0. The first-order valence-corrected chi connectivity index (χ1v) is 8.12. The Kier molecular flexibility index (Phi) is 13.3. The number of hydrogen-bond acceptors (Lipinski definition) is 2. The Morgan fingerprint density at radius 2 is 1.32 bits per heavy atom. The molecule has 0 aliphatic carbocycles. The fourth-order valence-electron chi connectivity index (χ4n) is 2.31. The first-order chi connectivity index (χ1) is 9.16. The van der Waals surface area contributed by atoms with Gasteiger partial charge >= 0.3 is 0 Å². The van der Waals surface area contributed by atoms with Crippen LogP contribution in [0.25, 0.3) is 0 Å². The van der Waals surface area contributed by atoms with E-state index in [1.54, 1.807) is 0 Å². The third kappa shape index (κ3) is 15.3. The Bertz CT molecular complexity index is 221. The summed E-state index contributed by atoms with van der Waals surface area (Å²) in [6, 6.07) is 0. The van der Waals surface area contributed by atoms with Crippen molar-refractivity contribution in [2.45, 2.75) is 90.9 Å². The third-order valence-corrected chi connectivity index (χ3v) is 3.55. The number of ketones is 1. The van der Waals surface area contributed by atoms with Crippen molar-refractivity contribution in [3.05, 3.63) is 0 Å². The van der Waals surface area contributed by atoms with E-state index in [2.05, 4.69) is 13.8 Å². The highest BCUT2D eigenvalue weighted by Gasteiger charge is 2.00. The molecule has 112 valence electrons. The SMILES string of the molecule is CC(C)CCCCCCCCCCCC(=O)CC=O. The average Bonchev–Trinajstić information content (AvgIpc) is 2.36. The highest BCUT2D eigenvalue weighted by Crippen LogP contribution is 2.13. The van der Waals surface area contributed by atoms with E-state index >= 15 is 0 Å². The summed E-state index contributed by atoms with van der Waals surface area (Å²) in [6.45, 7) is 4.58. The number of rotatable bonds is 14. The largest absolute Gasteiger partial charge is 0.303 e. The Morgan fingerprint density at radius 3 is 1.79 bits per heavy atom. The minimum atomic E-state index is 0.0974. The van der Waals surface area contributed by atoms with E-state index in [9.17, 15) is 9.59 Å². The van der Waals surface area contributed by atoms with Crippen molar-refractivity contribution in [1.29, 1.82) is 0 Å². The topological polar surface area (TPSA) is 34.1 Å². The lowest BCUT2D eigenvalue weighted by Gasteiger charge is -2.04. The van der Waals surface area contributed by atoms with E-state index in [1.807, 2.05) is 0 Å². The van der Waals surface area contributed by atoms with Crippen molar-refractivity contribution < 1.29 is 9.59 Å². The van der Waals surface area contributed by atoms with Gasteiger partial charge in [-0.2, -0.15) is 0 Å². The molecule has 0 spiro atoms. The zero-order chi connectivity index (χ0) is 14.3. The molecule has 0 N–H and O–H groups in total. The smallest absolute Gasteiger partial charge is 0.139 e. The van der Waals surface area contributed by atoms with Gasteiger partial charge in [0, 0.05) is 6.42 Å². The maximum Gasteiger partial charge on any atom is 0.139 e. The quantitative estimate of drug-likeness (QED) is 0.250. The summed E-state index contributed by atoms with van der Waals surface area (Å²) in [5.74, 6) is 0.946. The lowest BCUT2D eigenvalue weighted by atomic mass is 10.0. The van der Waals surface area contributed by atoms with Crippen molar-refractivity contribution in [3.63, 3.8) is 0 Å². The molecule has 19 heavy (non-hydrogen) atoms. The first-order valence-electron chi connectivity index (χ1n) is 8.12. The predicted octanol–water partition coefficient (Wildman–Crippen LogP) is 5.09. The maximum atomic E-state index is 11.1. The number of carbonyl (C=O) groups is 2. The van der Waals surface area contributed by atoms with Gasteiger partial charge in [-0.3, -0.25) is 4.79 Å². The number of hydrogen-bond donors (Lipinski definition) is 0. The van der Waals surface area contributed by atoms with E-state index in [1.165, 1.54) is 51.4 Å². The molecule has 0 aromatic heterocycles. The molecule has 0 aromatic rings. The van der Waals surface area contributed by atoms with Crippen LogP contribution >= 0.6 is 0 Å². The lowest BCUT2D eigenvalue weighted by molar-refractivity contribution is -0.122. The van der Waals surface area contributed by atoms with Gasteiger partial charge in [-0.1, -0.05) is 71.6 Å². The molecule has 2 nitrogen and oxygen atoms in total. The van der Waals surface area contributed by atoms with Crippen molar-refractivity contribution in [3.8, 4) is 0 Å². The number of aldehydes is 1. The second-order valence-electron chi connectivity index (χ2n) is 6.02. The molecule has 0 saturated heterocycles. The standard InChI is InChI=1S/C17H32O2/c1-16(2)12-10-8-6-4-3-5-7-9-11-13-17(19)14-15-18/h15-16H,3-14H2,1-2H3.